The largest absolute Gasteiger partial charge is 3.00 e. The van der Waals surface area contributed by atoms with E-state index < -0.39 is 0 Å². The molecular weight excluding hydrogens is 643 g/mol. The zero-order valence-electron chi connectivity index (χ0n) is 21.3. The fourth-order valence-electron chi connectivity index (χ4n) is 4.34. The van der Waals surface area contributed by atoms with Gasteiger partial charge in [0.15, 0.2) is 0 Å². The van der Waals surface area contributed by atoms with Crippen LogP contribution in [-0.4, -0.2) is 9.55 Å². The molecule has 6 rings (SSSR count). The number of imidazole rings is 1. The van der Waals surface area contributed by atoms with Crippen LogP contribution in [0.4, 0.5) is 0 Å². The van der Waals surface area contributed by atoms with Crippen LogP contribution in [0.3, 0.4) is 0 Å². The molecule has 0 unspecified atom stereocenters. The first-order valence-corrected chi connectivity index (χ1v) is 12.2. The monoisotopic (exact) mass is 670 g/mol. The molecule has 4 heteroatoms. The van der Waals surface area contributed by atoms with E-state index in [9.17, 15) is 0 Å². The van der Waals surface area contributed by atoms with E-state index in [-0.39, 0.29) is 20.1 Å². The van der Waals surface area contributed by atoms with Crippen molar-refractivity contribution in [3.05, 3.63) is 157 Å². The van der Waals surface area contributed by atoms with Crippen molar-refractivity contribution in [1.82, 2.24) is 9.55 Å². The van der Waals surface area contributed by atoms with E-state index in [1.165, 1.54) is 22.3 Å². The van der Waals surface area contributed by atoms with E-state index in [4.69, 9.17) is 0 Å². The zero-order valence-corrected chi connectivity index (χ0v) is 23.7. The summed E-state index contributed by atoms with van der Waals surface area (Å²) in [5.41, 5.74) is 9.20. The van der Waals surface area contributed by atoms with Gasteiger partial charge >= 0.3 is 20.1 Å². The third-order valence-electron chi connectivity index (χ3n) is 6.04. The van der Waals surface area contributed by atoms with Gasteiger partial charge in [-0.2, -0.15) is 30.3 Å². The maximum atomic E-state index is 4.22. The van der Waals surface area contributed by atoms with Crippen molar-refractivity contribution in [2.45, 2.75) is 13.8 Å². The molecule has 0 aliphatic rings. The Labute approximate surface area is 238 Å². The first-order valence-electron chi connectivity index (χ1n) is 12.2. The molecule has 0 radical (unpaired) electrons. The van der Waals surface area contributed by atoms with E-state index in [1.807, 2.05) is 88.3 Å². The Kier molecular flexibility index (Phi) is 9.16. The summed E-state index contributed by atoms with van der Waals surface area (Å²) in [6.45, 7) is 4.34. The molecule has 38 heavy (non-hydrogen) atoms. The molecule has 0 spiro atoms. The average Bonchev–Trinajstić information content (AvgIpc) is 3.46. The Morgan fingerprint density at radius 3 is 2.05 bits per heavy atom. The number of para-hydroxylation sites is 1. The second-order valence-corrected chi connectivity index (χ2v) is 8.70. The van der Waals surface area contributed by atoms with Crippen LogP contribution in [-0.2, 0) is 20.1 Å². The molecule has 186 valence electrons. The van der Waals surface area contributed by atoms with E-state index in [2.05, 4.69) is 79.8 Å². The molecular formula is C34H27IrN3+. The van der Waals surface area contributed by atoms with Gasteiger partial charge in [-0.15, -0.1) is 35.9 Å². The van der Waals surface area contributed by atoms with Crippen LogP contribution in [0, 0.1) is 32.3 Å². The minimum absolute atomic E-state index is 0. The van der Waals surface area contributed by atoms with Gasteiger partial charge in [0.2, 0.25) is 0 Å². The molecule has 0 saturated heterocycles. The van der Waals surface area contributed by atoms with Gasteiger partial charge in [0.05, 0.1) is 5.69 Å². The van der Waals surface area contributed by atoms with Gasteiger partial charge in [-0.1, -0.05) is 42.5 Å². The molecule has 3 nitrogen and oxygen atoms in total. The van der Waals surface area contributed by atoms with Gasteiger partial charge in [-0.25, -0.2) is 0 Å². The van der Waals surface area contributed by atoms with Gasteiger partial charge < -0.3 is 9.55 Å². The molecule has 0 aliphatic heterocycles. The van der Waals surface area contributed by atoms with E-state index in [0.717, 1.165) is 22.6 Å². The summed E-state index contributed by atoms with van der Waals surface area (Å²) in [6, 6.07) is 42.9. The summed E-state index contributed by atoms with van der Waals surface area (Å²) >= 11 is 0. The molecule has 0 fully saturated rings. The van der Waals surface area contributed by atoms with Gasteiger partial charge in [-0.05, 0) is 65.7 Å². The van der Waals surface area contributed by atoms with Crippen LogP contribution in [0.25, 0.3) is 33.8 Å². The SMILES string of the molecule is Cc1cc(-n2[c-][n+](-c3[c-]cccc3)cc2)cc(C)c1-c1ccccc1.[Ir+3].[c-]1ccccc1-c1ccccn1. The Morgan fingerprint density at radius 2 is 1.42 bits per heavy atom. The van der Waals surface area contributed by atoms with Crippen molar-refractivity contribution in [2.24, 2.45) is 0 Å². The number of benzene rings is 4. The van der Waals surface area contributed by atoms with Gasteiger partial charge in [0, 0.05) is 18.6 Å². The van der Waals surface area contributed by atoms with Crippen molar-refractivity contribution in [2.75, 3.05) is 0 Å². The van der Waals surface area contributed by atoms with Crippen LogP contribution >= 0.6 is 0 Å². The second kappa shape index (κ2) is 12.9. The van der Waals surface area contributed by atoms with Crippen LogP contribution in [0.5, 0.6) is 0 Å². The maximum absolute atomic E-state index is 4.22. The topological polar surface area (TPSA) is 21.7 Å². The van der Waals surface area contributed by atoms with Gasteiger partial charge in [0.25, 0.3) is 6.33 Å². The van der Waals surface area contributed by atoms with E-state index in [1.54, 1.807) is 6.20 Å². The van der Waals surface area contributed by atoms with Gasteiger partial charge in [0.1, 0.15) is 0 Å². The fraction of sp³-hybridized carbons (Fsp3) is 0.0588. The predicted octanol–water partition coefficient (Wildman–Crippen LogP) is 7.18. The predicted molar refractivity (Wildman–Crippen MR) is 148 cm³/mol. The van der Waals surface area contributed by atoms with Crippen molar-refractivity contribution < 1.29 is 24.7 Å². The number of nitrogens with zero attached hydrogens (tertiary/aromatic N) is 3. The van der Waals surface area contributed by atoms with E-state index in [0.29, 0.717) is 0 Å². The summed E-state index contributed by atoms with van der Waals surface area (Å²) in [6.07, 6.45) is 9.18. The smallest absolute Gasteiger partial charge is 0.321 e. The molecule has 0 amide bonds. The van der Waals surface area contributed by atoms with Crippen molar-refractivity contribution in [3.8, 4) is 33.8 Å². The zero-order chi connectivity index (χ0) is 25.5. The Morgan fingerprint density at radius 1 is 0.737 bits per heavy atom. The van der Waals surface area contributed by atoms with Crippen molar-refractivity contribution in [1.29, 1.82) is 0 Å². The van der Waals surface area contributed by atoms with Crippen LogP contribution in [0.1, 0.15) is 11.1 Å². The molecule has 0 saturated carbocycles. The molecule has 2 aromatic heterocycles. The van der Waals surface area contributed by atoms with Crippen molar-refractivity contribution >= 4 is 0 Å². The average molecular weight is 670 g/mol. The Hall–Kier alpha value is -4.11. The summed E-state index contributed by atoms with van der Waals surface area (Å²) in [5.74, 6) is 0. The molecule has 2 heterocycles. The van der Waals surface area contributed by atoms with Gasteiger partial charge in [-0.3, -0.25) is 4.57 Å². The first kappa shape index (κ1) is 26.9. The molecule has 0 N–H and O–H groups in total. The van der Waals surface area contributed by atoms with Crippen LogP contribution in [0.2, 0.25) is 0 Å². The summed E-state index contributed by atoms with van der Waals surface area (Å²) in [5, 5.41) is 0. The number of hydrogen-bond donors (Lipinski definition) is 0. The molecule has 0 aliphatic carbocycles. The minimum atomic E-state index is 0. The number of pyridine rings is 1. The van der Waals surface area contributed by atoms with Crippen LogP contribution < -0.4 is 4.57 Å². The van der Waals surface area contributed by atoms with Crippen LogP contribution in [0.15, 0.2) is 128 Å². The Bertz CT molecular complexity index is 1500. The maximum Gasteiger partial charge on any atom is 3.00 e. The first-order chi connectivity index (χ1) is 18.2. The summed E-state index contributed by atoms with van der Waals surface area (Å²) < 4.78 is 3.98. The number of rotatable bonds is 4. The third-order valence-corrected chi connectivity index (χ3v) is 6.04. The normalized spacial score (nSPS) is 10.2. The molecule has 6 aromatic rings. The summed E-state index contributed by atoms with van der Waals surface area (Å²) in [4.78, 5) is 4.22. The molecule has 0 atom stereocenters. The third kappa shape index (κ3) is 6.41. The van der Waals surface area contributed by atoms with Crippen molar-refractivity contribution in [3.63, 3.8) is 0 Å². The minimum Gasteiger partial charge on any atom is -0.321 e. The Balaban J connectivity index is 0.000000218. The second-order valence-electron chi connectivity index (χ2n) is 8.70. The number of aromatic nitrogens is 3. The molecule has 4 aromatic carbocycles. The fourth-order valence-corrected chi connectivity index (χ4v) is 4.34. The molecule has 0 bridgehead atoms. The number of hydrogen-bond acceptors (Lipinski definition) is 1. The quantitative estimate of drug-likeness (QED) is 0.144. The standard InChI is InChI=1S/C23H19N2.C11H8N.Ir/c1-18-15-22(16-19(2)23(18)20-9-5-3-6-10-20)25-14-13-24(17-25)21-11-7-4-8-12-21;1-2-6-10(7-3-1)11-8-4-5-9-12-11;/h3-11,13-16H,1-2H3;1-6,8-9H;/q2*-1;+3. The summed E-state index contributed by atoms with van der Waals surface area (Å²) in [7, 11) is 0. The number of aryl methyl sites for hydroxylation is 2. The van der Waals surface area contributed by atoms with E-state index >= 15 is 0 Å².